The lowest BCUT2D eigenvalue weighted by Crippen LogP contribution is -2.16. The number of hydrogen-bond acceptors (Lipinski definition) is 4. The maximum Gasteiger partial charge on any atom is 0.344 e. The topological polar surface area (TPSA) is 38.8 Å². The van der Waals surface area contributed by atoms with Crippen LogP contribution in [0, 0.1) is 0 Å². The summed E-state index contributed by atoms with van der Waals surface area (Å²) in [7, 11) is 0.826. The van der Waals surface area contributed by atoms with Crippen molar-refractivity contribution < 1.29 is 13.6 Å². The van der Waals surface area contributed by atoms with Crippen LogP contribution >= 0.6 is 20.0 Å². The second-order valence-corrected chi connectivity index (χ2v) is 4.69. The molecule has 0 aromatic rings. The van der Waals surface area contributed by atoms with Crippen molar-refractivity contribution in [2.75, 3.05) is 33.6 Å². The zero-order valence-electron chi connectivity index (χ0n) is 8.65. The Hall–Kier alpha value is 0.400. The van der Waals surface area contributed by atoms with Crippen LogP contribution in [0.15, 0.2) is 0 Å². The molecule has 6 heteroatoms. The van der Waals surface area contributed by atoms with Crippen LogP contribution < -0.4 is 0 Å². The summed E-state index contributed by atoms with van der Waals surface area (Å²) >= 11 is 0. The van der Waals surface area contributed by atoms with Gasteiger partial charge in [-0.2, -0.15) is 0 Å². The molecule has 0 saturated heterocycles. The Labute approximate surface area is 86.5 Å². The summed E-state index contributed by atoms with van der Waals surface area (Å²) in [4.78, 5) is 1.80. The van der Waals surface area contributed by atoms with Gasteiger partial charge in [0.25, 0.3) is 0 Å². The van der Waals surface area contributed by atoms with Crippen LogP contribution in [-0.2, 0) is 13.6 Å². The van der Waals surface area contributed by atoms with E-state index in [0.717, 1.165) is 0 Å². The van der Waals surface area contributed by atoms with Gasteiger partial charge >= 0.3 is 7.60 Å². The summed E-state index contributed by atoms with van der Waals surface area (Å²) in [6.45, 7) is 4.46. The van der Waals surface area contributed by atoms with E-state index in [2.05, 4.69) is 0 Å². The van der Waals surface area contributed by atoms with E-state index in [-0.39, 0.29) is 12.4 Å². The summed E-state index contributed by atoms with van der Waals surface area (Å²) in [5, 5.41) is 0. The van der Waals surface area contributed by atoms with Crippen molar-refractivity contribution in [3.8, 4) is 0 Å². The third kappa shape index (κ3) is 7.47. The van der Waals surface area contributed by atoms with E-state index in [1.807, 2.05) is 14.1 Å². The van der Waals surface area contributed by atoms with E-state index in [9.17, 15) is 4.57 Å². The molecule has 0 aliphatic carbocycles. The number of nitrogens with zero attached hydrogens (tertiary/aromatic N) is 1. The molecule has 0 aromatic heterocycles. The monoisotopic (exact) mass is 231 g/mol. The molecule has 0 rings (SSSR count). The van der Waals surface area contributed by atoms with Crippen LogP contribution in [0.25, 0.3) is 0 Å². The molecule has 0 saturated carbocycles. The lowest BCUT2D eigenvalue weighted by Gasteiger charge is -2.20. The SMILES string of the molecule is CCOP(=O)(CN(C)C)OCC.Cl. The molecule has 0 aliphatic heterocycles. The molecule has 4 nitrogen and oxygen atoms in total. The maximum absolute atomic E-state index is 11.7. The summed E-state index contributed by atoms with van der Waals surface area (Å²) < 4.78 is 21.9. The van der Waals surface area contributed by atoms with E-state index in [4.69, 9.17) is 9.05 Å². The van der Waals surface area contributed by atoms with Crippen molar-refractivity contribution in [1.82, 2.24) is 4.90 Å². The Morgan fingerprint density at radius 3 is 1.77 bits per heavy atom. The first-order valence-electron chi connectivity index (χ1n) is 4.07. The quantitative estimate of drug-likeness (QED) is 0.657. The van der Waals surface area contributed by atoms with Gasteiger partial charge in [-0.1, -0.05) is 0 Å². The van der Waals surface area contributed by atoms with Crippen LogP contribution in [0.1, 0.15) is 13.8 Å². The fraction of sp³-hybridized carbons (Fsp3) is 1.00. The third-order valence-electron chi connectivity index (χ3n) is 1.11. The van der Waals surface area contributed by atoms with E-state index in [1.54, 1.807) is 18.7 Å². The second kappa shape index (κ2) is 7.77. The number of halogens is 1. The average Bonchev–Trinajstić information content (AvgIpc) is 1.85. The second-order valence-electron chi connectivity index (χ2n) is 2.67. The predicted molar refractivity (Wildman–Crippen MR) is 56.7 cm³/mol. The van der Waals surface area contributed by atoms with Crippen molar-refractivity contribution in [2.24, 2.45) is 0 Å². The lowest BCUT2D eigenvalue weighted by molar-refractivity contribution is 0.208. The largest absolute Gasteiger partial charge is 0.344 e. The van der Waals surface area contributed by atoms with E-state index >= 15 is 0 Å². The van der Waals surface area contributed by atoms with Gasteiger partial charge in [-0.05, 0) is 27.9 Å². The fourth-order valence-electron chi connectivity index (χ4n) is 0.859. The lowest BCUT2D eigenvalue weighted by atomic mass is 10.9. The Bertz CT molecular complexity index is 156. The minimum atomic E-state index is -2.85. The van der Waals surface area contributed by atoms with Crippen molar-refractivity contribution in [1.29, 1.82) is 0 Å². The van der Waals surface area contributed by atoms with E-state index < -0.39 is 7.60 Å². The smallest absolute Gasteiger partial charge is 0.308 e. The fourth-order valence-corrected chi connectivity index (χ4v) is 2.58. The van der Waals surface area contributed by atoms with Crippen molar-refractivity contribution in [2.45, 2.75) is 13.8 Å². The predicted octanol–water partition coefficient (Wildman–Crippen LogP) is 2.19. The van der Waals surface area contributed by atoms with Gasteiger partial charge < -0.3 is 9.05 Å². The Balaban J connectivity index is 0. The van der Waals surface area contributed by atoms with Crippen LogP contribution in [0.2, 0.25) is 0 Å². The first kappa shape index (κ1) is 15.9. The van der Waals surface area contributed by atoms with Crippen LogP contribution in [0.5, 0.6) is 0 Å². The molecular formula is C7H19ClNO3P. The van der Waals surface area contributed by atoms with Gasteiger partial charge in [0.1, 0.15) is 6.29 Å². The molecule has 0 N–H and O–H groups in total. The zero-order chi connectivity index (χ0) is 9.61. The van der Waals surface area contributed by atoms with Gasteiger partial charge in [-0.25, -0.2) is 0 Å². The molecule has 13 heavy (non-hydrogen) atoms. The number of rotatable bonds is 6. The van der Waals surface area contributed by atoms with E-state index in [1.165, 1.54) is 0 Å². The first-order chi connectivity index (χ1) is 5.54. The summed E-state index contributed by atoms with van der Waals surface area (Å²) in [6, 6.07) is 0. The highest BCUT2D eigenvalue weighted by Gasteiger charge is 2.23. The highest BCUT2D eigenvalue weighted by atomic mass is 35.5. The van der Waals surface area contributed by atoms with Crippen molar-refractivity contribution in [3.63, 3.8) is 0 Å². The molecule has 0 spiro atoms. The maximum atomic E-state index is 11.7. The van der Waals surface area contributed by atoms with Crippen LogP contribution in [-0.4, -0.2) is 38.5 Å². The summed E-state index contributed by atoms with van der Waals surface area (Å²) in [6.07, 6.45) is 0.342. The minimum Gasteiger partial charge on any atom is -0.308 e. The average molecular weight is 232 g/mol. The molecule has 0 bridgehead atoms. The molecular weight excluding hydrogens is 213 g/mol. The Morgan fingerprint density at radius 2 is 1.54 bits per heavy atom. The molecule has 0 radical (unpaired) electrons. The van der Waals surface area contributed by atoms with Crippen LogP contribution in [0.3, 0.4) is 0 Å². The zero-order valence-corrected chi connectivity index (χ0v) is 10.4. The molecule has 0 fully saturated rings. The third-order valence-corrected chi connectivity index (χ3v) is 3.32. The van der Waals surface area contributed by atoms with Crippen molar-refractivity contribution in [3.05, 3.63) is 0 Å². The Morgan fingerprint density at radius 1 is 1.15 bits per heavy atom. The molecule has 0 amide bonds. The van der Waals surface area contributed by atoms with Gasteiger partial charge in [0.2, 0.25) is 0 Å². The standard InChI is InChI=1S/C7H18NO3P.ClH/c1-5-10-12(9,11-6-2)7-8(3)4;/h5-7H2,1-4H3;1H. The highest BCUT2D eigenvalue weighted by molar-refractivity contribution is 7.53. The molecule has 0 aliphatic rings. The Kier molecular flexibility index (Phi) is 9.48. The molecule has 0 aromatic carbocycles. The van der Waals surface area contributed by atoms with Crippen molar-refractivity contribution >= 4 is 20.0 Å². The summed E-state index contributed by atoms with van der Waals surface area (Å²) in [5.74, 6) is 0. The molecule has 0 heterocycles. The normalized spacial score (nSPS) is 11.5. The first-order valence-corrected chi connectivity index (χ1v) is 5.79. The van der Waals surface area contributed by atoms with E-state index in [0.29, 0.717) is 19.5 Å². The van der Waals surface area contributed by atoms with Gasteiger partial charge in [0, 0.05) is 0 Å². The van der Waals surface area contributed by atoms with Crippen LogP contribution in [0.4, 0.5) is 0 Å². The van der Waals surface area contributed by atoms with Gasteiger partial charge in [-0.15, -0.1) is 12.4 Å². The molecule has 82 valence electrons. The van der Waals surface area contributed by atoms with Gasteiger partial charge in [0.05, 0.1) is 13.2 Å². The molecule has 0 atom stereocenters. The van der Waals surface area contributed by atoms with Gasteiger partial charge in [-0.3, -0.25) is 9.46 Å². The molecule has 0 unspecified atom stereocenters. The highest BCUT2D eigenvalue weighted by Crippen LogP contribution is 2.47. The number of hydrogen-bond donors (Lipinski definition) is 0. The minimum absolute atomic E-state index is 0. The van der Waals surface area contributed by atoms with Gasteiger partial charge in [0.15, 0.2) is 0 Å². The summed E-state index contributed by atoms with van der Waals surface area (Å²) in [5.41, 5.74) is 0.